The third-order valence-corrected chi connectivity index (χ3v) is 12.1. The van der Waals surface area contributed by atoms with Crippen molar-refractivity contribution in [3.63, 3.8) is 0 Å². The Hall–Kier alpha value is -3.26. The molecule has 4 aliphatic carbocycles. The maximum absolute atomic E-state index is 4.07. The second-order valence-corrected chi connectivity index (χ2v) is 14.6. The smallest absolute Gasteiger partial charge is 0.0422 e. The van der Waals surface area contributed by atoms with Crippen molar-refractivity contribution >= 4 is 16.5 Å². The van der Waals surface area contributed by atoms with E-state index in [1.165, 1.54) is 80.7 Å². The summed E-state index contributed by atoms with van der Waals surface area (Å²) >= 11 is 0. The van der Waals surface area contributed by atoms with Crippen LogP contribution in [0.1, 0.15) is 84.5 Å². The summed E-state index contributed by atoms with van der Waals surface area (Å²) in [5, 5.41) is 10.2. The standard InChI is InChI=1S/C43H54N2/c1-30(35-25-26-38(34-27-28-44-29-34)42-21-11-10-19-40(35)42)23-24-36(41-20-9-8-17-37(41)32-13-4-3-5-14-32)31(2)45-43-22-12-16-33-15-6-7-18-39(33)43/h4,6-7,9,12-16,18,20,22-23,27-28,31,34,36-38,41-42,44-45H,3,5,8,10-11,17,19,21,24-26,29H2,1-2H3/b30-23+/t31?,34?,36?,37?,38?,41-,42?/m1/s1. The molecule has 2 heteroatoms. The van der Waals surface area contributed by atoms with Crippen molar-refractivity contribution < 1.29 is 0 Å². The van der Waals surface area contributed by atoms with E-state index in [1.54, 1.807) is 16.7 Å². The second kappa shape index (κ2) is 14.0. The van der Waals surface area contributed by atoms with Crippen LogP contribution in [0.15, 0.2) is 113 Å². The third kappa shape index (κ3) is 6.53. The van der Waals surface area contributed by atoms with Crippen LogP contribution in [-0.4, -0.2) is 12.6 Å². The number of hydrogen-bond donors (Lipinski definition) is 2. The van der Waals surface area contributed by atoms with E-state index >= 15 is 0 Å². The molecule has 0 bridgehead atoms. The Balaban J connectivity index is 1.19. The van der Waals surface area contributed by atoms with Crippen LogP contribution in [0, 0.1) is 35.5 Å². The zero-order valence-electron chi connectivity index (χ0n) is 27.7. The summed E-state index contributed by atoms with van der Waals surface area (Å²) in [6, 6.07) is 15.9. The summed E-state index contributed by atoms with van der Waals surface area (Å²) < 4.78 is 0. The quantitative estimate of drug-likeness (QED) is 0.281. The van der Waals surface area contributed by atoms with Gasteiger partial charge >= 0.3 is 0 Å². The number of benzene rings is 2. The van der Waals surface area contributed by atoms with Gasteiger partial charge in [-0.1, -0.05) is 96.5 Å². The normalized spacial score (nSPS) is 29.7. The monoisotopic (exact) mass is 598 g/mol. The Morgan fingerprint density at radius 1 is 0.933 bits per heavy atom. The lowest BCUT2D eigenvalue weighted by molar-refractivity contribution is 0.227. The van der Waals surface area contributed by atoms with E-state index < -0.39 is 0 Å². The van der Waals surface area contributed by atoms with Crippen molar-refractivity contribution in [2.24, 2.45) is 35.5 Å². The summed E-state index contributed by atoms with van der Waals surface area (Å²) in [6.07, 6.45) is 33.9. The van der Waals surface area contributed by atoms with Crippen LogP contribution in [0.5, 0.6) is 0 Å². The predicted octanol–water partition coefficient (Wildman–Crippen LogP) is 11.1. The molecular weight excluding hydrogens is 544 g/mol. The van der Waals surface area contributed by atoms with E-state index in [0.717, 1.165) is 30.7 Å². The number of anilines is 1. The van der Waals surface area contributed by atoms with Crippen LogP contribution in [-0.2, 0) is 0 Å². The first-order valence-electron chi connectivity index (χ1n) is 18.2. The number of rotatable bonds is 9. The molecule has 7 rings (SSSR count). The molecule has 236 valence electrons. The maximum Gasteiger partial charge on any atom is 0.0422 e. The van der Waals surface area contributed by atoms with E-state index in [4.69, 9.17) is 0 Å². The fraction of sp³-hybridized carbons (Fsp3) is 0.488. The van der Waals surface area contributed by atoms with Gasteiger partial charge in [0.15, 0.2) is 0 Å². The van der Waals surface area contributed by atoms with Gasteiger partial charge in [-0.25, -0.2) is 0 Å². The van der Waals surface area contributed by atoms with E-state index in [9.17, 15) is 0 Å². The molecule has 1 aliphatic heterocycles. The molecule has 1 saturated carbocycles. The van der Waals surface area contributed by atoms with E-state index in [2.05, 4.69) is 116 Å². The first kappa shape index (κ1) is 30.4. The van der Waals surface area contributed by atoms with Gasteiger partial charge in [0.1, 0.15) is 0 Å². The average Bonchev–Trinajstić information content (AvgIpc) is 3.64. The fourth-order valence-corrected chi connectivity index (χ4v) is 9.71. The summed E-state index contributed by atoms with van der Waals surface area (Å²) in [6.45, 7) is 6.04. The molecule has 0 saturated heterocycles. The van der Waals surface area contributed by atoms with Gasteiger partial charge in [0.2, 0.25) is 0 Å². The summed E-state index contributed by atoms with van der Waals surface area (Å²) in [5.74, 6) is 3.99. The lowest BCUT2D eigenvalue weighted by atomic mass is 9.64. The molecule has 2 nitrogen and oxygen atoms in total. The SMILES string of the molecule is C/C(=C\CC(C(C)Nc1cccc2ccccc12)[C@H]1C=CCCC1C1=CCCC=C1)C1=C2CCCCC2C(C2C=CNC2)CC1. The average molecular weight is 599 g/mol. The van der Waals surface area contributed by atoms with Gasteiger partial charge in [0.05, 0.1) is 0 Å². The van der Waals surface area contributed by atoms with Crippen molar-refractivity contribution in [1.29, 1.82) is 0 Å². The first-order chi connectivity index (χ1) is 22.2. The molecule has 1 heterocycles. The molecule has 0 aromatic heterocycles. The van der Waals surface area contributed by atoms with Crippen molar-refractivity contribution in [3.05, 3.63) is 113 Å². The highest BCUT2D eigenvalue weighted by Crippen LogP contribution is 2.49. The first-order valence-corrected chi connectivity index (χ1v) is 18.2. The topological polar surface area (TPSA) is 24.1 Å². The molecule has 2 N–H and O–H groups in total. The Morgan fingerprint density at radius 2 is 1.84 bits per heavy atom. The summed E-state index contributed by atoms with van der Waals surface area (Å²) in [4.78, 5) is 0. The zero-order chi connectivity index (χ0) is 30.6. The highest BCUT2D eigenvalue weighted by molar-refractivity contribution is 5.93. The Labute approximate surface area is 272 Å². The number of nitrogens with one attached hydrogen (secondary N) is 2. The molecule has 2 aromatic carbocycles. The molecule has 7 atom stereocenters. The van der Waals surface area contributed by atoms with Gasteiger partial charge in [0, 0.05) is 23.7 Å². The molecule has 0 amide bonds. The van der Waals surface area contributed by atoms with E-state index in [-0.39, 0.29) is 0 Å². The van der Waals surface area contributed by atoms with E-state index in [0.29, 0.717) is 23.8 Å². The van der Waals surface area contributed by atoms with Gasteiger partial charge < -0.3 is 10.6 Å². The molecule has 2 aromatic rings. The zero-order valence-corrected chi connectivity index (χ0v) is 27.7. The lowest BCUT2D eigenvalue weighted by Gasteiger charge is -2.41. The van der Waals surface area contributed by atoms with Crippen LogP contribution in [0.25, 0.3) is 10.8 Å². The van der Waals surface area contributed by atoms with Crippen molar-refractivity contribution in [2.75, 3.05) is 11.9 Å². The van der Waals surface area contributed by atoms with Crippen molar-refractivity contribution in [2.45, 2.75) is 90.5 Å². The highest BCUT2D eigenvalue weighted by Gasteiger charge is 2.38. The second-order valence-electron chi connectivity index (χ2n) is 14.6. The fourth-order valence-electron chi connectivity index (χ4n) is 9.71. The minimum absolute atomic E-state index is 0.348. The number of allylic oxidation sites excluding steroid dienone is 10. The molecule has 45 heavy (non-hydrogen) atoms. The molecule has 6 unspecified atom stereocenters. The largest absolute Gasteiger partial charge is 0.391 e. The molecular formula is C43H54N2. The van der Waals surface area contributed by atoms with E-state index in [1.807, 2.05) is 5.57 Å². The Kier molecular flexibility index (Phi) is 9.47. The van der Waals surface area contributed by atoms with Gasteiger partial charge in [-0.3, -0.25) is 0 Å². The van der Waals surface area contributed by atoms with Crippen LogP contribution in [0.2, 0.25) is 0 Å². The minimum atomic E-state index is 0.348. The van der Waals surface area contributed by atoms with Crippen LogP contribution in [0.3, 0.4) is 0 Å². The minimum Gasteiger partial charge on any atom is -0.391 e. The van der Waals surface area contributed by atoms with Gasteiger partial charge in [-0.15, -0.1) is 0 Å². The highest BCUT2D eigenvalue weighted by atomic mass is 14.9. The van der Waals surface area contributed by atoms with Crippen LogP contribution in [0.4, 0.5) is 5.69 Å². The Morgan fingerprint density at radius 3 is 2.71 bits per heavy atom. The van der Waals surface area contributed by atoms with Crippen molar-refractivity contribution in [1.82, 2.24) is 5.32 Å². The molecule has 5 aliphatic rings. The summed E-state index contributed by atoms with van der Waals surface area (Å²) in [5.41, 5.74) is 7.99. The lowest BCUT2D eigenvalue weighted by Crippen LogP contribution is -2.36. The number of fused-ring (bicyclic) bond motifs is 2. The van der Waals surface area contributed by atoms with Gasteiger partial charge in [0.25, 0.3) is 0 Å². The van der Waals surface area contributed by atoms with Gasteiger partial charge in [-0.2, -0.15) is 0 Å². The maximum atomic E-state index is 4.07. The van der Waals surface area contributed by atoms with Crippen LogP contribution >= 0.6 is 0 Å². The predicted molar refractivity (Wildman–Crippen MR) is 193 cm³/mol. The summed E-state index contributed by atoms with van der Waals surface area (Å²) in [7, 11) is 0. The molecule has 1 fully saturated rings. The Bertz CT molecular complexity index is 1530. The third-order valence-electron chi connectivity index (χ3n) is 12.1. The van der Waals surface area contributed by atoms with Crippen molar-refractivity contribution in [3.8, 4) is 0 Å². The molecule has 0 radical (unpaired) electrons. The molecule has 0 spiro atoms. The van der Waals surface area contributed by atoms with Gasteiger partial charge in [-0.05, 0) is 142 Å². The van der Waals surface area contributed by atoms with Crippen LogP contribution < -0.4 is 10.6 Å². The number of hydrogen-bond acceptors (Lipinski definition) is 2.